The molecule has 0 spiro atoms. The number of halogens is 1. The number of hydrogen-bond donors (Lipinski definition) is 1. The minimum atomic E-state index is -3.14. The van der Waals surface area contributed by atoms with Crippen LogP contribution in [-0.4, -0.2) is 43.1 Å². The van der Waals surface area contributed by atoms with Gasteiger partial charge in [0.25, 0.3) is 0 Å². The Bertz CT molecular complexity index is 963. The van der Waals surface area contributed by atoms with E-state index in [2.05, 4.69) is 16.4 Å². The van der Waals surface area contributed by atoms with E-state index in [1.807, 2.05) is 0 Å². The summed E-state index contributed by atoms with van der Waals surface area (Å²) < 4.78 is 38.8. The maximum absolute atomic E-state index is 13.8. The second kappa shape index (κ2) is 6.58. The number of sulfonamides is 1. The molecule has 1 aromatic heterocycles. The maximum atomic E-state index is 13.8. The van der Waals surface area contributed by atoms with Crippen LogP contribution >= 0.6 is 0 Å². The van der Waals surface area contributed by atoms with Crippen LogP contribution in [0.4, 0.5) is 10.1 Å². The number of fused-ring (bicyclic) bond motifs is 1. The molecule has 1 aromatic carbocycles. The summed E-state index contributed by atoms with van der Waals surface area (Å²) in [6.45, 7) is 4.83. The van der Waals surface area contributed by atoms with Gasteiger partial charge in [0.15, 0.2) is 0 Å². The Morgan fingerprint density at radius 2 is 2.16 bits per heavy atom. The molecule has 0 bridgehead atoms. The Morgan fingerprint density at radius 3 is 2.80 bits per heavy atom. The quantitative estimate of drug-likeness (QED) is 0.882. The summed E-state index contributed by atoms with van der Waals surface area (Å²) in [5, 5.41) is 13.1. The van der Waals surface area contributed by atoms with E-state index in [-0.39, 0.29) is 17.5 Å². The standard InChI is InChI=1S/C17H19FN4O2S/c1-3-25(23,24)22-9-12(10-22)7-20-17-13(6-19)8-21-16-11(2)4-14(18)5-15(16)17/h4-5,8,12H,3,7,9-10H2,1-2H3,(H,20,21). The van der Waals surface area contributed by atoms with Gasteiger partial charge in [-0.15, -0.1) is 0 Å². The summed E-state index contributed by atoms with van der Waals surface area (Å²) in [5.74, 6) is -0.126. The van der Waals surface area contributed by atoms with Crippen molar-refractivity contribution in [2.24, 2.45) is 5.92 Å². The van der Waals surface area contributed by atoms with E-state index in [1.165, 1.54) is 22.6 Å². The van der Waals surface area contributed by atoms with Gasteiger partial charge in [-0.2, -0.15) is 5.26 Å². The van der Waals surface area contributed by atoms with Gasteiger partial charge in [0.05, 0.1) is 22.5 Å². The number of nitriles is 1. The highest BCUT2D eigenvalue weighted by Gasteiger charge is 2.34. The second-order valence-electron chi connectivity index (χ2n) is 6.24. The first-order valence-electron chi connectivity index (χ1n) is 8.06. The van der Waals surface area contributed by atoms with Crippen LogP contribution in [0.5, 0.6) is 0 Å². The Morgan fingerprint density at radius 1 is 1.44 bits per heavy atom. The van der Waals surface area contributed by atoms with Crippen LogP contribution in [0.2, 0.25) is 0 Å². The summed E-state index contributed by atoms with van der Waals surface area (Å²) >= 11 is 0. The molecule has 1 aliphatic heterocycles. The SMILES string of the molecule is CCS(=O)(=O)N1CC(CNc2c(C#N)cnc3c(C)cc(F)cc23)C1. The zero-order valence-corrected chi connectivity index (χ0v) is 14.9. The van der Waals surface area contributed by atoms with E-state index >= 15 is 0 Å². The number of aromatic nitrogens is 1. The van der Waals surface area contributed by atoms with E-state index in [1.54, 1.807) is 13.8 Å². The van der Waals surface area contributed by atoms with Gasteiger partial charge < -0.3 is 5.32 Å². The Kier molecular flexibility index (Phi) is 4.62. The van der Waals surface area contributed by atoms with Crippen LogP contribution < -0.4 is 5.32 Å². The lowest BCUT2D eigenvalue weighted by Gasteiger charge is -2.38. The molecule has 3 rings (SSSR count). The third-order valence-electron chi connectivity index (χ3n) is 4.50. The lowest BCUT2D eigenvalue weighted by Crippen LogP contribution is -2.52. The van der Waals surface area contributed by atoms with E-state index in [9.17, 15) is 18.1 Å². The van der Waals surface area contributed by atoms with Crippen LogP contribution in [-0.2, 0) is 10.0 Å². The molecule has 132 valence electrons. The maximum Gasteiger partial charge on any atom is 0.213 e. The average Bonchev–Trinajstić information content (AvgIpc) is 2.53. The zero-order valence-electron chi connectivity index (χ0n) is 14.1. The zero-order chi connectivity index (χ0) is 18.2. The van der Waals surface area contributed by atoms with E-state index < -0.39 is 10.0 Å². The number of benzene rings is 1. The highest BCUT2D eigenvalue weighted by molar-refractivity contribution is 7.89. The molecular weight excluding hydrogens is 343 g/mol. The van der Waals surface area contributed by atoms with Crippen LogP contribution in [0.25, 0.3) is 10.9 Å². The average molecular weight is 362 g/mol. The van der Waals surface area contributed by atoms with Crippen molar-refractivity contribution in [1.29, 1.82) is 5.26 Å². The third kappa shape index (κ3) is 3.30. The van der Waals surface area contributed by atoms with Crippen molar-refractivity contribution in [1.82, 2.24) is 9.29 Å². The molecule has 2 heterocycles. The molecule has 1 fully saturated rings. The number of rotatable bonds is 5. The smallest absolute Gasteiger partial charge is 0.213 e. The lowest BCUT2D eigenvalue weighted by atomic mass is 10.0. The second-order valence-corrected chi connectivity index (χ2v) is 8.50. The monoisotopic (exact) mass is 362 g/mol. The molecule has 2 aromatic rings. The number of nitrogens with one attached hydrogen (secondary N) is 1. The molecule has 0 atom stereocenters. The summed E-state index contributed by atoms with van der Waals surface area (Å²) in [6, 6.07) is 4.85. The van der Waals surface area contributed by atoms with Crippen molar-refractivity contribution in [3.63, 3.8) is 0 Å². The summed E-state index contributed by atoms with van der Waals surface area (Å²) in [6.07, 6.45) is 1.48. The van der Waals surface area contributed by atoms with Crippen LogP contribution in [0.3, 0.4) is 0 Å². The molecule has 25 heavy (non-hydrogen) atoms. The van der Waals surface area contributed by atoms with Crippen LogP contribution in [0.15, 0.2) is 18.3 Å². The summed E-state index contributed by atoms with van der Waals surface area (Å²) in [7, 11) is -3.14. The number of anilines is 1. The largest absolute Gasteiger partial charge is 0.383 e. The first-order chi connectivity index (χ1) is 11.9. The van der Waals surface area contributed by atoms with E-state index in [0.29, 0.717) is 47.4 Å². The molecule has 0 unspecified atom stereocenters. The molecule has 0 amide bonds. The fourth-order valence-corrected chi connectivity index (χ4v) is 4.26. The number of hydrogen-bond acceptors (Lipinski definition) is 5. The van der Waals surface area contributed by atoms with Crippen molar-refractivity contribution in [3.8, 4) is 6.07 Å². The Balaban J connectivity index is 1.81. The molecule has 1 saturated heterocycles. The normalized spacial score (nSPS) is 15.8. The summed E-state index contributed by atoms with van der Waals surface area (Å²) in [5.41, 5.74) is 2.24. The highest BCUT2D eigenvalue weighted by Crippen LogP contribution is 2.29. The molecule has 1 aliphatic rings. The van der Waals surface area contributed by atoms with E-state index in [0.717, 1.165) is 0 Å². The van der Waals surface area contributed by atoms with Gasteiger partial charge in [0.1, 0.15) is 11.9 Å². The molecule has 1 N–H and O–H groups in total. The van der Waals surface area contributed by atoms with E-state index in [4.69, 9.17) is 0 Å². The number of pyridine rings is 1. The highest BCUT2D eigenvalue weighted by atomic mass is 32.2. The summed E-state index contributed by atoms with van der Waals surface area (Å²) in [4.78, 5) is 4.25. The fraction of sp³-hybridized carbons (Fsp3) is 0.412. The predicted octanol–water partition coefficient (Wildman–Crippen LogP) is 2.25. The topological polar surface area (TPSA) is 86.1 Å². The first-order valence-corrected chi connectivity index (χ1v) is 9.67. The lowest BCUT2D eigenvalue weighted by molar-refractivity contribution is 0.212. The molecule has 8 heteroatoms. The Hall–Kier alpha value is -2.24. The van der Waals surface area contributed by atoms with Crippen molar-refractivity contribution < 1.29 is 12.8 Å². The van der Waals surface area contributed by atoms with Crippen molar-refractivity contribution in [2.75, 3.05) is 30.7 Å². The van der Waals surface area contributed by atoms with Gasteiger partial charge in [-0.25, -0.2) is 17.1 Å². The third-order valence-corrected chi connectivity index (χ3v) is 6.31. The first kappa shape index (κ1) is 17.6. The van der Waals surface area contributed by atoms with Gasteiger partial charge in [-0.1, -0.05) is 0 Å². The van der Waals surface area contributed by atoms with Gasteiger partial charge in [-0.3, -0.25) is 4.98 Å². The van der Waals surface area contributed by atoms with Crippen LogP contribution in [0, 0.1) is 30.0 Å². The van der Waals surface area contributed by atoms with Crippen molar-refractivity contribution in [2.45, 2.75) is 13.8 Å². The minimum Gasteiger partial charge on any atom is -0.383 e. The minimum absolute atomic E-state index is 0.0965. The van der Waals surface area contributed by atoms with Crippen LogP contribution in [0.1, 0.15) is 18.1 Å². The fourth-order valence-electron chi connectivity index (χ4n) is 3.02. The molecular formula is C17H19FN4O2S. The molecule has 0 saturated carbocycles. The molecule has 0 aliphatic carbocycles. The van der Waals surface area contributed by atoms with Crippen molar-refractivity contribution >= 4 is 26.6 Å². The molecule has 6 nitrogen and oxygen atoms in total. The van der Waals surface area contributed by atoms with Crippen molar-refractivity contribution in [3.05, 3.63) is 35.3 Å². The predicted molar refractivity (Wildman–Crippen MR) is 94.2 cm³/mol. The van der Waals surface area contributed by atoms with Gasteiger partial charge in [0.2, 0.25) is 10.0 Å². The van der Waals surface area contributed by atoms with Gasteiger partial charge in [-0.05, 0) is 31.5 Å². The number of nitrogens with zero attached hydrogens (tertiary/aromatic N) is 3. The number of aryl methyl sites for hydroxylation is 1. The molecule has 0 radical (unpaired) electrons. The van der Waals surface area contributed by atoms with Gasteiger partial charge >= 0.3 is 0 Å². The van der Waals surface area contributed by atoms with Gasteiger partial charge in [0, 0.05) is 37.1 Å². The Labute approximate surface area is 146 Å².